The molecule has 116 valence electrons. The summed E-state index contributed by atoms with van der Waals surface area (Å²) in [5.74, 6) is -1.93. The first kappa shape index (κ1) is 16.0. The number of benzene rings is 1. The standard InChI is InChI=1S/C15H16ClN3O3/c1-9(15(21)22)7-17-14(20)13-8-19(18-10(13)2)12-5-3-11(16)4-6-12/h3-6,8-9H,7H2,1-2H3,(H,17,20)(H,21,22)/t9-/m0/s1. The van der Waals surface area contributed by atoms with E-state index < -0.39 is 11.9 Å². The van der Waals surface area contributed by atoms with Crippen LogP contribution in [-0.4, -0.2) is 33.3 Å². The van der Waals surface area contributed by atoms with Gasteiger partial charge in [-0.15, -0.1) is 0 Å². The molecule has 0 fully saturated rings. The van der Waals surface area contributed by atoms with Crippen molar-refractivity contribution >= 4 is 23.5 Å². The zero-order valence-corrected chi connectivity index (χ0v) is 13.0. The van der Waals surface area contributed by atoms with Crippen LogP contribution in [0.5, 0.6) is 0 Å². The third kappa shape index (κ3) is 3.65. The minimum absolute atomic E-state index is 0.0692. The van der Waals surface area contributed by atoms with E-state index in [9.17, 15) is 9.59 Å². The Bertz CT molecular complexity index is 695. The molecule has 1 aromatic carbocycles. The minimum Gasteiger partial charge on any atom is -0.481 e. The third-order valence-electron chi connectivity index (χ3n) is 3.23. The van der Waals surface area contributed by atoms with Crippen LogP contribution in [0.25, 0.3) is 5.69 Å². The molecule has 0 saturated heterocycles. The predicted octanol–water partition coefficient (Wildman–Crippen LogP) is 2.28. The van der Waals surface area contributed by atoms with Crippen LogP contribution >= 0.6 is 11.6 Å². The first-order valence-electron chi connectivity index (χ1n) is 6.71. The lowest BCUT2D eigenvalue weighted by Crippen LogP contribution is -2.31. The maximum absolute atomic E-state index is 12.1. The Morgan fingerprint density at radius 3 is 2.59 bits per heavy atom. The molecule has 22 heavy (non-hydrogen) atoms. The molecule has 0 unspecified atom stereocenters. The number of nitrogens with one attached hydrogen (secondary N) is 1. The molecule has 1 atom stereocenters. The number of carbonyl (C=O) groups excluding carboxylic acids is 1. The lowest BCUT2D eigenvalue weighted by atomic mass is 10.2. The number of aromatic nitrogens is 2. The average Bonchev–Trinajstić information content (AvgIpc) is 2.87. The van der Waals surface area contributed by atoms with Crippen molar-refractivity contribution in [3.63, 3.8) is 0 Å². The third-order valence-corrected chi connectivity index (χ3v) is 3.48. The molecule has 0 radical (unpaired) electrons. The quantitative estimate of drug-likeness (QED) is 0.885. The summed E-state index contributed by atoms with van der Waals surface area (Å²) >= 11 is 5.84. The van der Waals surface area contributed by atoms with Crippen molar-refractivity contribution in [2.45, 2.75) is 13.8 Å². The van der Waals surface area contributed by atoms with E-state index in [2.05, 4.69) is 10.4 Å². The minimum atomic E-state index is -0.950. The van der Waals surface area contributed by atoms with Gasteiger partial charge in [0.15, 0.2) is 0 Å². The van der Waals surface area contributed by atoms with Gasteiger partial charge < -0.3 is 10.4 Å². The second-order valence-corrected chi connectivity index (χ2v) is 5.43. The zero-order chi connectivity index (χ0) is 16.3. The van der Waals surface area contributed by atoms with E-state index in [0.717, 1.165) is 5.69 Å². The maximum atomic E-state index is 12.1. The Labute approximate surface area is 132 Å². The molecule has 0 aliphatic rings. The number of hydrogen-bond donors (Lipinski definition) is 2. The average molecular weight is 322 g/mol. The van der Waals surface area contributed by atoms with Crippen molar-refractivity contribution in [2.24, 2.45) is 5.92 Å². The number of aliphatic carboxylic acids is 1. The molecule has 1 heterocycles. The van der Waals surface area contributed by atoms with Crippen LogP contribution in [0.2, 0.25) is 5.02 Å². The van der Waals surface area contributed by atoms with Gasteiger partial charge in [-0.05, 0) is 31.2 Å². The molecule has 2 aromatic rings. The number of carboxylic acid groups (broad SMARTS) is 1. The first-order chi connectivity index (χ1) is 10.4. The number of hydrogen-bond acceptors (Lipinski definition) is 3. The van der Waals surface area contributed by atoms with E-state index >= 15 is 0 Å². The fourth-order valence-corrected chi connectivity index (χ4v) is 1.96. The summed E-state index contributed by atoms with van der Waals surface area (Å²) in [7, 11) is 0. The monoisotopic (exact) mass is 321 g/mol. The Balaban J connectivity index is 2.14. The van der Waals surface area contributed by atoms with E-state index in [1.54, 1.807) is 42.1 Å². The van der Waals surface area contributed by atoms with E-state index in [-0.39, 0.29) is 12.5 Å². The highest BCUT2D eigenvalue weighted by Crippen LogP contribution is 2.15. The van der Waals surface area contributed by atoms with Crippen LogP contribution in [0.3, 0.4) is 0 Å². The molecule has 2 N–H and O–H groups in total. The molecule has 0 saturated carbocycles. The smallest absolute Gasteiger partial charge is 0.308 e. The van der Waals surface area contributed by atoms with Crippen LogP contribution in [-0.2, 0) is 4.79 Å². The molecule has 2 rings (SSSR count). The molecule has 0 aliphatic carbocycles. The lowest BCUT2D eigenvalue weighted by Gasteiger charge is -2.07. The molecular weight excluding hydrogens is 306 g/mol. The van der Waals surface area contributed by atoms with Crippen molar-refractivity contribution in [3.8, 4) is 5.69 Å². The highest BCUT2D eigenvalue weighted by atomic mass is 35.5. The van der Waals surface area contributed by atoms with Crippen molar-refractivity contribution in [1.82, 2.24) is 15.1 Å². The van der Waals surface area contributed by atoms with E-state index in [1.165, 1.54) is 6.92 Å². The Morgan fingerprint density at radius 2 is 2.00 bits per heavy atom. The van der Waals surface area contributed by atoms with Gasteiger partial charge in [-0.25, -0.2) is 4.68 Å². The highest BCUT2D eigenvalue weighted by Gasteiger charge is 2.17. The molecule has 1 aromatic heterocycles. The van der Waals surface area contributed by atoms with Gasteiger partial charge in [-0.1, -0.05) is 18.5 Å². The zero-order valence-electron chi connectivity index (χ0n) is 12.2. The highest BCUT2D eigenvalue weighted by molar-refractivity contribution is 6.30. The van der Waals surface area contributed by atoms with Gasteiger partial charge in [0.1, 0.15) is 0 Å². The second kappa shape index (κ2) is 6.62. The van der Waals surface area contributed by atoms with Crippen molar-refractivity contribution in [3.05, 3.63) is 46.7 Å². The molecule has 0 aliphatic heterocycles. The van der Waals surface area contributed by atoms with Crippen LogP contribution in [0, 0.1) is 12.8 Å². The number of rotatable bonds is 5. The fraction of sp³-hybridized carbons (Fsp3) is 0.267. The summed E-state index contributed by atoms with van der Waals surface area (Å²) in [4.78, 5) is 22.9. The van der Waals surface area contributed by atoms with E-state index in [4.69, 9.17) is 16.7 Å². The molecule has 0 bridgehead atoms. The van der Waals surface area contributed by atoms with Gasteiger partial charge in [0.25, 0.3) is 5.91 Å². The number of amides is 1. The summed E-state index contributed by atoms with van der Waals surface area (Å²) in [6.45, 7) is 3.33. The Hall–Kier alpha value is -2.34. The van der Waals surface area contributed by atoms with Gasteiger partial charge in [-0.2, -0.15) is 5.10 Å². The SMILES string of the molecule is Cc1nn(-c2ccc(Cl)cc2)cc1C(=O)NC[C@H](C)C(=O)O. The largest absolute Gasteiger partial charge is 0.481 e. The van der Waals surface area contributed by atoms with Gasteiger partial charge in [0.05, 0.1) is 22.9 Å². The van der Waals surface area contributed by atoms with E-state index in [0.29, 0.717) is 16.3 Å². The summed E-state index contributed by atoms with van der Waals surface area (Å²) in [5, 5.41) is 16.3. The normalized spacial score (nSPS) is 12.0. The van der Waals surface area contributed by atoms with E-state index in [1.807, 2.05) is 0 Å². The number of aryl methyl sites for hydroxylation is 1. The van der Waals surface area contributed by atoms with Crippen molar-refractivity contribution < 1.29 is 14.7 Å². The summed E-state index contributed by atoms with van der Waals surface area (Å²) in [6, 6.07) is 7.07. The van der Waals surface area contributed by atoms with Crippen LogP contribution < -0.4 is 5.32 Å². The van der Waals surface area contributed by atoms with Gasteiger partial charge in [-0.3, -0.25) is 9.59 Å². The topological polar surface area (TPSA) is 84.2 Å². The number of nitrogens with zero attached hydrogens (tertiary/aromatic N) is 2. The predicted molar refractivity (Wildman–Crippen MR) is 82.4 cm³/mol. The van der Waals surface area contributed by atoms with Crippen LogP contribution in [0.4, 0.5) is 0 Å². The van der Waals surface area contributed by atoms with Gasteiger partial charge >= 0.3 is 5.97 Å². The summed E-state index contributed by atoms with van der Waals surface area (Å²) < 4.78 is 1.58. The number of carboxylic acids is 1. The Kier molecular flexibility index (Phi) is 4.82. The molecule has 0 spiro atoms. The van der Waals surface area contributed by atoms with Crippen molar-refractivity contribution in [1.29, 1.82) is 0 Å². The summed E-state index contributed by atoms with van der Waals surface area (Å²) in [6.07, 6.45) is 1.61. The van der Waals surface area contributed by atoms with Crippen molar-refractivity contribution in [2.75, 3.05) is 6.54 Å². The molecule has 7 heteroatoms. The van der Waals surface area contributed by atoms with Crippen LogP contribution in [0.15, 0.2) is 30.5 Å². The van der Waals surface area contributed by atoms with Crippen LogP contribution in [0.1, 0.15) is 23.0 Å². The molecule has 1 amide bonds. The molecule has 6 nitrogen and oxygen atoms in total. The maximum Gasteiger partial charge on any atom is 0.308 e. The second-order valence-electron chi connectivity index (χ2n) is 5.00. The fourth-order valence-electron chi connectivity index (χ4n) is 1.84. The van der Waals surface area contributed by atoms with Gasteiger partial charge in [0.2, 0.25) is 0 Å². The molecular formula is C15H16ClN3O3. The Morgan fingerprint density at radius 1 is 1.36 bits per heavy atom. The number of halogens is 1. The van der Waals surface area contributed by atoms with Gasteiger partial charge in [0, 0.05) is 17.8 Å². The first-order valence-corrected chi connectivity index (χ1v) is 7.09. The number of carbonyl (C=O) groups is 2. The summed E-state index contributed by atoms with van der Waals surface area (Å²) in [5.41, 5.74) is 1.76. The lowest BCUT2D eigenvalue weighted by molar-refractivity contribution is -0.140.